The lowest BCUT2D eigenvalue weighted by molar-refractivity contribution is 0.282. The molecule has 138 valence electrons. The van der Waals surface area contributed by atoms with Crippen molar-refractivity contribution in [1.29, 1.82) is 0 Å². The fraction of sp³-hybridized carbons (Fsp3) is 0.0455. The van der Waals surface area contributed by atoms with Crippen LogP contribution in [0, 0.1) is 0 Å². The first kappa shape index (κ1) is 17.6. The molecule has 0 saturated heterocycles. The molecule has 0 amide bonds. The number of aliphatic imine (C=N–C) groups is 1. The van der Waals surface area contributed by atoms with Gasteiger partial charge in [-0.1, -0.05) is 42.5 Å². The molecule has 0 atom stereocenters. The number of hydrogen-bond donors (Lipinski definition) is 2. The van der Waals surface area contributed by atoms with E-state index in [1.807, 2.05) is 12.1 Å². The maximum Gasteiger partial charge on any atom is 0.267 e. The van der Waals surface area contributed by atoms with Gasteiger partial charge in [0, 0.05) is 28.7 Å². The van der Waals surface area contributed by atoms with Gasteiger partial charge in [0.15, 0.2) is 0 Å². The van der Waals surface area contributed by atoms with Crippen molar-refractivity contribution in [2.75, 3.05) is 0 Å². The molecular weight excluding hydrogens is 354 g/mol. The van der Waals surface area contributed by atoms with Crippen molar-refractivity contribution in [3.8, 4) is 11.7 Å². The first-order valence-corrected chi connectivity index (χ1v) is 8.71. The highest BCUT2D eigenvalue weighted by Crippen LogP contribution is 2.26. The molecule has 0 spiro atoms. The quantitative estimate of drug-likeness (QED) is 0.539. The lowest BCUT2D eigenvalue weighted by Gasteiger charge is -2.13. The predicted molar refractivity (Wildman–Crippen MR) is 109 cm³/mol. The normalized spacial score (nSPS) is 11.3. The summed E-state index contributed by atoms with van der Waals surface area (Å²) in [6.45, 7) is -0.145. The molecule has 0 radical (unpaired) electrons. The van der Waals surface area contributed by atoms with E-state index in [0.717, 1.165) is 0 Å². The van der Waals surface area contributed by atoms with E-state index >= 15 is 0 Å². The highest BCUT2D eigenvalue weighted by Gasteiger charge is 2.16. The Kier molecular flexibility index (Phi) is 4.70. The largest absolute Gasteiger partial charge is 0.494 e. The van der Waals surface area contributed by atoms with Gasteiger partial charge in [0.05, 0.1) is 17.9 Å². The van der Waals surface area contributed by atoms with Crippen LogP contribution in [0.2, 0.25) is 0 Å². The number of aromatic hydroxyl groups is 1. The van der Waals surface area contributed by atoms with Gasteiger partial charge in [-0.3, -0.25) is 9.79 Å². The monoisotopic (exact) mass is 371 g/mol. The van der Waals surface area contributed by atoms with Gasteiger partial charge in [-0.05, 0) is 24.3 Å². The third-order valence-corrected chi connectivity index (χ3v) is 4.48. The second-order valence-corrected chi connectivity index (χ2v) is 6.16. The molecule has 6 nitrogen and oxygen atoms in total. The Balaban J connectivity index is 1.98. The van der Waals surface area contributed by atoms with Crippen LogP contribution in [0.3, 0.4) is 0 Å². The SMILES string of the molecule is O=c1c2ccccc2c(C=Nc2ccccc2CO)c(O)n1-c1ccccn1. The van der Waals surface area contributed by atoms with Crippen LogP contribution in [0.25, 0.3) is 16.6 Å². The number of rotatable bonds is 4. The minimum atomic E-state index is -0.361. The van der Waals surface area contributed by atoms with Crippen molar-refractivity contribution < 1.29 is 10.2 Å². The molecule has 0 aliphatic heterocycles. The van der Waals surface area contributed by atoms with E-state index < -0.39 is 0 Å². The van der Waals surface area contributed by atoms with Crippen LogP contribution in [0.1, 0.15) is 11.1 Å². The smallest absolute Gasteiger partial charge is 0.267 e. The zero-order valence-electron chi connectivity index (χ0n) is 14.9. The van der Waals surface area contributed by atoms with Gasteiger partial charge in [0.2, 0.25) is 5.88 Å². The summed E-state index contributed by atoms with van der Waals surface area (Å²) in [7, 11) is 0. The molecular formula is C22H17N3O3. The van der Waals surface area contributed by atoms with Gasteiger partial charge < -0.3 is 10.2 Å². The van der Waals surface area contributed by atoms with Crippen LogP contribution in [0.4, 0.5) is 5.69 Å². The zero-order chi connectivity index (χ0) is 19.5. The number of pyridine rings is 2. The number of fused-ring (bicyclic) bond motifs is 1. The molecule has 0 aliphatic carbocycles. The summed E-state index contributed by atoms with van der Waals surface area (Å²) < 4.78 is 1.17. The summed E-state index contributed by atoms with van der Waals surface area (Å²) in [6, 6.07) is 19.4. The van der Waals surface area contributed by atoms with Crippen LogP contribution in [-0.2, 0) is 6.61 Å². The standard InChI is InChI=1S/C22H17N3O3/c26-14-15-7-1-4-10-19(15)24-13-18-16-8-2-3-9-17(16)21(27)25(22(18)28)20-11-5-6-12-23-20/h1-13,26,28H,14H2. The fourth-order valence-electron chi connectivity index (χ4n) is 3.09. The van der Waals surface area contributed by atoms with E-state index in [1.165, 1.54) is 10.8 Å². The molecule has 0 bridgehead atoms. The second-order valence-electron chi connectivity index (χ2n) is 6.16. The number of aliphatic hydroxyl groups is 1. The molecule has 2 aromatic heterocycles. The summed E-state index contributed by atoms with van der Waals surface area (Å²) in [5, 5.41) is 21.4. The van der Waals surface area contributed by atoms with Crippen molar-refractivity contribution in [3.63, 3.8) is 0 Å². The average Bonchev–Trinajstić information content (AvgIpc) is 2.75. The molecule has 2 N–H and O–H groups in total. The van der Waals surface area contributed by atoms with Gasteiger partial charge in [-0.25, -0.2) is 9.55 Å². The Hall–Kier alpha value is -3.77. The molecule has 6 heteroatoms. The number of hydrogen-bond acceptors (Lipinski definition) is 5. The third-order valence-electron chi connectivity index (χ3n) is 4.48. The van der Waals surface area contributed by atoms with E-state index in [4.69, 9.17) is 0 Å². The Labute approximate surface area is 160 Å². The summed E-state index contributed by atoms with van der Waals surface area (Å²) >= 11 is 0. The average molecular weight is 371 g/mol. The highest BCUT2D eigenvalue weighted by molar-refractivity contribution is 6.02. The second kappa shape index (κ2) is 7.46. The Morgan fingerprint density at radius 2 is 1.68 bits per heavy atom. The van der Waals surface area contributed by atoms with Crippen molar-refractivity contribution >= 4 is 22.7 Å². The Morgan fingerprint density at radius 1 is 0.964 bits per heavy atom. The van der Waals surface area contributed by atoms with E-state index in [-0.39, 0.29) is 18.0 Å². The van der Waals surface area contributed by atoms with Crippen molar-refractivity contribution in [2.24, 2.45) is 4.99 Å². The van der Waals surface area contributed by atoms with Crippen LogP contribution in [0.15, 0.2) is 82.7 Å². The molecule has 0 fully saturated rings. The van der Waals surface area contributed by atoms with E-state index in [0.29, 0.717) is 33.4 Å². The number of para-hydroxylation sites is 1. The summed E-state index contributed by atoms with van der Waals surface area (Å²) in [5.74, 6) is 0.0776. The van der Waals surface area contributed by atoms with Crippen LogP contribution < -0.4 is 5.56 Å². The molecule has 0 aliphatic rings. The molecule has 2 heterocycles. The van der Waals surface area contributed by atoms with Gasteiger partial charge in [0.1, 0.15) is 5.82 Å². The Morgan fingerprint density at radius 3 is 2.43 bits per heavy atom. The molecule has 28 heavy (non-hydrogen) atoms. The first-order chi connectivity index (χ1) is 13.7. The van der Waals surface area contributed by atoms with Crippen LogP contribution >= 0.6 is 0 Å². The number of aliphatic hydroxyl groups excluding tert-OH is 1. The molecule has 0 unspecified atom stereocenters. The van der Waals surface area contributed by atoms with Crippen molar-refractivity contribution in [1.82, 2.24) is 9.55 Å². The Bertz CT molecular complexity index is 1230. The minimum absolute atomic E-state index is 0.145. The lowest BCUT2D eigenvalue weighted by Crippen LogP contribution is -2.20. The summed E-state index contributed by atoms with van der Waals surface area (Å²) in [4.78, 5) is 21.6. The highest BCUT2D eigenvalue weighted by atomic mass is 16.3. The third kappa shape index (κ3) is 3.06. The van der Waals surface area contributed by atoms with Gasteiger partial charge in [0.25, 0.3) is 5.56 Å². The van der Waals surface area contributed by atoms with Gasteiger partial charge >= 0.3 is 0 Å². The van der Waals surface area contributed by atoms with Crippen LogP contribution in [-0.4, -0.2) is 26.0 Å². The molecule has 2 aromatic carbocycles. The van der Waals surface area contributed by atoms with Crippen LogP contribution in [0.5, 0.6) is 5.88 Å². The van der Waals surface area contributed by atoms with Crippen molar-refractivity contribution in [3.05, 3.63) is 94.4 Å². The van der Waals surface area contributed by atoms with Crippen molar-refractivity contribution in [2.45, 2.75) is 6.61 Å². The topological polar surface area (TPSA) is 87.7 Å². The predicted octanol–water partition coefficient (Wildman–Crippen LogP) is 3.33. The van der Waals surface area contributed by atoms with E-state index in [1.54, 1.807) is 60.8 Å². The maximum atomic E-state index is 13.0. The fourth-order valence-corrected chi connectivity index (χ4v) is 3.09. The molecule has 4 rings (SSSR count). The van der Waals surface area contributed by atoms with E-state index in [2.05, 4.69) is 9.98 Å². The number of benzene rings is 2. The van der Waals surface area contributed by atoms with Gasteiger partial charge in [-0.2, -0.15) is 0 Å². The summed E-state index contributed by atoms with van der Waals surface area (Å²) in [6.07, 6.45) is 3.06. The zero-order valence-corrected chi connectivity index (χ0v) is 14.9. The molecule has 4 aromatic rings. The number of nitrogens with zero attached hydrogens (tertiary/aromatic N) is 3. The minimum Gasteiger partial charge on any atom is -0.494 e. The van der Waals surface area contributed by atoms with Gasteiger partial charge in [-0.15, -0.1) is 0 Å². The molecule has 0 saturated carbocycles. The lowest BCUT2D eigenvalue weighted by atomic mass is 10.1. The first-order valence-electron chi connectivity index (χ1n) is 8.71. The maximum absolute atomic E-state index is 13.0. The van der Waals surface area contributed by atoms with E-state index in [9.17, 15) is 15.0 Å². The number of aromatic nitrogens is 2. The summed E-state index contributed by atoms with van der Waals surface area (Å²) in [5.41, 5.74) is 1.29.